The standard InChI is InChI=1S/C17H18F3N/c1-12-7-8-14(9-13(12)2)10-21-11-15-5-3-4-6-16(15)17(18,19)20/h3-9,21H,10-11H2,1-2H3. The molecule has 0 atom stereocenters. The third kappa shape index (κ3) is 4.08. The van der Waals surface area contributed by atoms with E-state index in [0.717, 1.165) is 11.6 Å². The zero-order valence-electron chi connectivity index (χ0n) is 12.1. The van der Waals surface area contributed by atoms with Gasteiger partial charge in [-0.25, -0.2) is 0 Å². The average Bonchev–Trinajstić information content (AvgIpc) is 2.42. The molecule has 0 spiro atoms. The molecule has 2 rings (SSSR count). The number of alkyl halides is 3. The molecule has 1 nitrogen and oxygen atoms in total. The average molecular weight is 293 g/mol. The molecule has 0 aliphatic heterocycles. The Morgan fingerprint density at radius 3 is 2.29 bits per heavy atom. The first-order valence-electron chi connectivity index (χ1n) is 6.80. The summed E-state index contributed by atoms with van der Waals surface area (Å²) in [5.41, 5.74) is 3.17. The van der Waals surface area contributed by atoms with Gasteiger partial charge >= 0.3 is 6.18 Å². The van der Waals surface area contributed by atoms with E-state index in [1.807, 2.05) is 26.0 Å². The number of hydrogen-bond donors (Lipinski definition) is 1. The minimum atomic E-state index is -4.31. The molecular weight excluding hydrogens is 275 g/mol. The van der Waals surface area contributed by atoms with Crippen LogP contribution < -0.4 is 5.32 Å². The first-order chi connectivity index (χ1) is 9.88. The van der Waals surface area contributed by atoms with Crippen LogP contribution in [0.4, 0.5) is 13.2 Å². The topological polar surface area (TPSA) is 12.0 Å². The van der Waals surface area contributed by atoms with E-state index in [9.17, 15) is 13.2 Å². The molecular formula is C17H18F3N. The van der Waals surface area contributed by atoms with Gasteiger partial charge in [0.15, 0.2) is 0 Å². The summed E-state index contributed by atoms with van der Waals surface area (Å²) in [6.45, 7) is 4.81. The fourth-order valence-corrected chi connectivity index (χ4v) is 2.21. The van der Waals surface area contributed by atoms with Gasteiger partial charge in [-0.2, -0.15) is 13.2 Å². The van der Waals surface area contributed by atoms with Crippen molar-refractivity contribution in [3.63, 3.8) is 0 Å². The van der Waals surface area contributed by atoms with Crippen molar-refractivity contribution >= 4 is 0 Å². The van der Waals surface area contributed by atoms with Crippen LogP contribution in [0.25, 0.3) is 0 Å². The molecule has 0 fully saturated rings. The van der Waals surface area contributed by atoms with Crippen molar-refractivity contribution in [1.82, 2.24) is 5.32 Å². The molecule has 0 unspecified atom stereocenters. The van der Waals surface area contributed by atoms with Gasteiger partial charge in [0.1, 0.15) is 0 Å². The second kappa shape index (κ2) is 6.31. The Morgan fingerprint density at radius 2 is 1.62 bits per heavy atom. The molecule has 4 heteroatoms. The summed E-state index contributed by atoms with van der Waals surface area (Å²) >= 11 is 0. The minimum Gasteiger partial charge on any atom is -0.309 e. The molecule has 0 amide bonds. The first-order valence-corrected chi connectivity index (χ1v) is 6.80. The molecule has 1 N–H and O–H groups in total. The van der Waals surface area contributed by atoms with Gasteiger partial charge in [0.05, 0.1) is 5.56 Å². The Kier molecular flexibility index (Phi) is 4.68. The van der Waals surface area contributed by atoms with E-state index < -0.39 is 11.7 Å². The van der Waals surface area contributed by atoms with Crippen molar-refractivity contribution in [2.24, 2.45) is 0 Å². The third-order valence-electron chi connectivity index (χ3n) is 3.54. The Labute approximate surface area is 122 Å². The van der Waals surface area contributed by atoms with Crippen LogP contribution in [0.15, 0.2) is 42.5 Å². The molecule has 2 aromatic carbocycles. The van der Waals surface area contributed by atoms with Gasteiger partial charge in [0.2, 0.25) is 0 Å². The fraction of sp³-hybridized carbons (Fsp3) is 0.294. The van der Waals surface area contributed by atoms with Crippen molar-refractivity contribution in [1.29, 1.82) is 0 Å². The summed E-state index contributed by atoms with van der Waals surface area (Å²) in [6, 6.07) is 11.7. The maximum absolute atomic E-state index is 12.9. The molecule has 0 saturated heterocycles. The first kappa shape index (κ1) is 15.6. The Morgan fingerprint density at radius 1 is 0.905 bits per heavy atom. The number of benzene rings is 2. The van der Waals surface area contributed by atoms with Gasteiger partial charge in [0, 0.05) is 13.1 Å². The lowest BCUT2D eigenvalue weighted by Crippen LogP contribution is -2.17. The molecule has 0 heterocycles. The van der Waals surface area contributed by atoms with E-state index in [0.29, 0.717) is 6.54 Å². The second-order valence-corrected chi connectivity index (χ2v) is 5.18. The highest BCUT2D eigenvalue weighted by molar-refractivity contribution is 5.31. The molecule has 21 heavy (non-hydrogen) atoms. The van der Waals surface area contributed by atoms with Crippen LogP contribution in [-0.4, -0.2) is 0 Å². The second-order valence-electron chi connectivity index (χ2n) is 5.18. The number of rotatable bonds is 4. The molecule has 112 valence electrons. The van der Waals surface area contributed by atoms with E-state index in [1.54, 1.807) is 6.07 Å². The minimum absolute atomic E-state index is 0.197. The predicted octanol–water partition coefficient (Wildman–Crippen LogP) is 4.61. The summed E-state index contributed by atoms with van der Waals surface area (Å²) in [5, 5.41) is 3.08. The van der Waals surface area contributed by atoms with Crippen molar-refractivity contribution in [3.8, 4) is 0 Å². The van der Waals surface area contributed by atoms with Gasteiger partial charge in [-0.15, -0.1) is 0 Å². The molecule has 0 saturated carbocycles. The predicted molar refractivity (Wildman–Crippen MR) is 77.9 cm³/mol. The highest BCUT2D eigenvalue weighted by atomic mass is 19.4. The van der Waals surface area contributed by atoms with E-state index in [1.165, 1.54) is 23.3 Å². The van der Waals surface area contributed by atoms with Crippen molar-refractivity contribution in [3.05, 3.63) is 70.3 Å². The molecule has 0 aromatic heterocycles. The van der Waals surface area contributed by atoms with E-state index >= 15 is 0 Å². The maximum atomic E-state index is 12.9. The van der Waals surface area contributed by atoms with E-state index in [-0.39, 0.29) is 12.1 Å². The van der Waals surface area contributed by atoms with Gasteiger partial charge in [-0.05, 0) is 42.2 Å². The van der Waals surface area contributed by atoms with Crippen LogP contribution in [-0.2, 0) is 19.3 Å². The van der Waals surface area contributed by atoms with Crippen molar-refractivity contribution in [2.45, 2.75) is 33.1 Å². The van der Waals surface area contributed by atoms with E-state index in [4.69, 9.17) is 0 Å². The number of nitrogens with one attached hydrogen (secondary N) is 1. The van der Waals surface area contributed by atoms with Crippen LogP contribution in [0.3, 0.4) is 0 Å². The normalized spacial score (nSPS) is 11.7. The molecule has 0 aliphatic carbocycles. The lowest BCUT2D eigenvalue weighted by molar-refractivity contribution is -0.138. The third-order valence-corrected chi connectivity index (χ3v) is 3.54. The number of aryl methyl sites for hydroxylation is 2. The summed E-state index contributed by atoms with van der Waals surface area (Å²) in [4.78, 5) is 0. The van der Waals surface area contributed by atoms with Crippen LogP contribution in [0.1, 0.15) is 27.8 Å². The maximum Gasteiger partial charge on any atom is 0.416 e. The molecule has 0 bridgehead atoms. The van der Waals surface area contributed by atoms with Gasteiger partial charge < -0.3 is 5.32 Å². The lowest BCUT2D eigenvalue weighted by Gasteiger charge is -2.13. The Balaban J connectivity index is 2.02. The quantitative estimate of drug-likeness (QED) is 0.868. The highest BCUT2D eigenvalue weighted by Gasteiger charge is 2.32. The zero-order chi connectivity index (χ0) is 15.5. The van der Waals surface area contributed by atoms with Crippen LogP contribution in [0.5, 0.6) is 0 Å². The summed E-state index contributed by atoms with van der Waals surface area (Å²) in [7, 11) is 0. The molecule has 0 radical (unpaired) electrons. The smallest absolute Gasteiger partial charge is 0.309 e. The molecule has 0 aliphatic rings. The fourth-order valence-electron chi connectivity index (χ4n) is 2.21. The van der Waals surface area contributed by atoms with Crippen molar-refractivity contribution < 1.29 is 13.2 Å². The van der Waals surface area contributed by atoms with Gasteiger partial charge in [-0.1, -0.05) is 36.4 Å². The lowest BCUT2D eigenvalue weighted by atomic mass is 10.1. The largest absolute Gasteiger partial charge is 0.416 e. The van der Waals surface area contributed by atoms with Gasteiger partial charge in [-0.3, -0.25) is 0 Å². The Bertz CT molecular complexity index is 618. The SMILES string of the molecule is Cc1ccc(CNCc2ccccc2C(F)(F)F)cc1C. The van der Waals surface area contributed by atoms with Crippen LogP contribution in [0.2, 0.25) is 0 Å². The van der Waals surface area contributed by atoms with Gasteiger partial charge in [0.25, 0.3) is 0 Å². The van der Waals surface area contributed by atoms with Crippen LogP contribution in [0, 0.1) is 13.8 Å². The number of halogens is 3. The van der Waals surface area contributed by atoms with Crippen molar-refractivity contribution in [2.75, 3.05) is 0 Å². The molecule has 2 aromatic rings. The number of hydrogen-bond acceptors (Lipinski definition) is 1. The summed E-state index contributed by atoms with van der Waals surface area (Å²) in [5.74, 6) is 0. The highest BCUT2D eigenvalue weighted by Crippen LogP contribution is 2.31. The zero-order valence-corrected chi connectivity index (χ0v) is 12.1. The summed E-state index contributed by atoms with van der Waals surface area (Å²) < 4.78 is 38.6. The van der Waals surface area contributed by atoms with Crippen LogP contribution >= 0.6 is 0 Å². The monoisotopic (exact) mass is 293 g/mol. The Hall–Kier alpha value is -1.81. The van der Waals surface area contributed by atoms with E-state index in [2.05, 4.69) is 11.4 Å². The summed E-state index contributed by atoms with van der Waals surface area (Å²) in [6.07, 6.45) is -4.31.